The van der Waals surface area contributed by atoms with Gasteiger partial charge in [-0.3, -0.25) is 4.90 Å². The van der Waals surface area contributed by atoms with Gasteiger partial charge in [0.15, 0.2) is 0 Å². The monoisotopic (exact) mass is 586 g/mol. The molecule has 43 heavy (non-hydrogen) atoms. The van der Waals surface area contributed by atoms with Crippen LogP contribution < -0.4 is 0 Å². The van der Waals surface area contributed by atoms with E-state index >= 15 is 0 Å². The van der Waals surface area contributed by atoms with Gasteiger partial charge in [0.05, 0.1) is 0 Å². The summed E-state index contributed by atoms with van der Waals surface area (Å²) in [6.07, 6.45) is 40.0. The van der Waals surface area contributed by atoms with Gasteiger partial charge in [0.2, 0.25) is 0 Å². The molecule has 0 aromatic carbocycles. The van der Waals surface area contributed by atoms with E-state index in [0.717, 1.165) is 101 Å². The maximum atomic E-state index is 3.50. The Bertz CT molecular complexity index is 951. The minimum absolute atomic E-state index is 0.985. The van der Waals surface area contributed by atoms with Crippen molar-refractivity contribution in [2.24, 2.45) is 82.9 Å². The summed E-state index contributed by atoms with van der Waals surface area (Å²) < 4.78 is 0. The molecule has 1 nitrogen and oxygen atoms in total. The van der Waals surface area contributed by atoms with Crippen LogP contribution in [0.1, 0.15) is 161 Å². The third-order valence-electron chi connectivity index (χ3n) is 18.3. The normalized spacial score (nSPS) is 57.9. The van der Waals surface area contributed by atoms with Crippen LogP contribution in [-0.2, 0) is 0 Å². The summed E-state index contributed by atoms with van der Waals surface area (Å²) in [5, 5.41) is 0. The van der Waals surface area contributed by atoms with E-state index in [1.807, 2.05) is 0 Å². The fourth-order valence-corrected chi connectivity index (χ4v) is 17.2. The summed E-state index contributed by atoms with van der Waals surface area (Å²) in [5.41, 5.74) is 0. The Morgan fingerprint density at radius 1 is 0.256 bits per heavy atom. The molecule has 1 saturated heterocycles. The van der Waals surface area contributed by atoms with E-state index in [1.165, 1.54) is 0 Å². The topological polar surface area (TPSA) is 3.24 Å². The summed E-state index contributed by atoms with van der Waals surface area (Å²) in [6, 6.07) is 2.98. The summed E-state index contributed by atoms with van der Waals surface area (Å²) in [5.74, 6) is 15.7. The molecule has 1 heteroatoms. The zero-order chi connectivity index (χ0) is 28.1. The predicted molar refractivity (Wildman–Crippen MR) is 177 cm³/mol. The van der Waals surface area contributed by atoms with Crippen LogP contribution in [0.15, 0.2) is 0 Å². The van der Waals surface area contributed by atoms with Gasteiger partial charge in [-0.05, 0) is 160 Å². The van der Waals surface area contributed by atoms with Gasteiger partial charge < -0.3 is 0 Å². The fourth-order valence-electron chi connectivity index (χ4n) is 17.2. The number of fused-ring (bicyclic) bond motifs is 11. The molecule has 9 saturated carbocycles. The number of rotatable bonds is 2. The maximum Gasteiger partial charge on any atom is 0.0136 e. The Hall–Kier alpha value is -0.0400. The number of likely N-dealkylation sites (tertiary alicyclic amines) is 1. The number of hydrogen-bond acceptors (Lipinski definition) is 1. The van der Waals surface area contributed by atoms with Crippen LogP contribution in [-0.4, -0.2) is 23.0 Å². The predicted octanol–water partition coefficient (Wildman–Crippen LogP) is 10.9. The minimum Gasteiger partial charge on any atom is -0.294 e. The van der Waals surface area contributed by atoms with Crippen LogP contribution in [0.25, 0.3) is 0 Å². The molecule has 0 aromatic heterocycles. The van der Waals surface area contributed by atoms with Gasteiger partial charge in [-0.25, -0.2) is 0 Å². The summed E-state index contributed by atoms with van der Waals surface area (Å²) in [6.45, 7) is 0. The van der Waals surface area contributed by atoms with E-state index in [9.17, 15) is 0 Å². The first kappa shape index (κ1) is 28.0. The highest BCUT2D eigenvalue weighted by molar-refractivity contribution is 5.14. The fraction of sp³-hybridized carbons (Fsp3) is 1.00. The third-order valence-corrected chi connectivity index (χ3v) is 18.3. The van der Waals surface area contributed by atoms with Crippen LogP contribution in [0.5, 0.6) is 0 Å². The highest BCUT2D eigenvalue weighted by atomic mass is 15.3. The molecule has 16 unspecified atom stereocenters. The molecular formula is C42H67N. The Kier molecular flexibility index (Phi) is 7.36. The Balaban J connectivity index is 0.956. The molecule has 10 aliphatic rings. The SMILES string of the molecule is C1CCC2CC(C3CCCC4CC5C(CCCC5N5C6CCC7CCCCC7C6C6C7CCCCC7CCC65)C43)CC2C1. The standard InChI is InChI=1S/C42H67N/c1-2-12-29-24-31(23-28(29)11-1)34-16-7-13-30-25-36-35(40(30)34)17-8-18-37(36)43-38-21-19-26-9-3-5-14-32(26)41(38)42-33-15-6-4-10-27(33)20-22-39(42)43/h26-42H,1-25H2. The lowest BCUT2D eigenvalue weighted by molar-refractivity contribution is -0.0149. The zero-order valence-electron chi connectivity index (χ0n) is 27.9. The van der Waals surface area contributed by atoms with Crippen molar-refractivity contribution in [3.63, 3.8) is 0 Å². The Morgan fingerprint density at radius 3 is 1.40 bits per heavy atom. The molecule has 0 bridgehead atoms. The van der Waals surface area contributed by atoms with Gasteiger partial charge in [0.25, 0.3) is 0 Å². The molecule has 0 amide bonds. The van der Waals surface area contributed by atoms with Gasteiger partial charge in [-0.15, -0.1) is 0 Å². The highest BCUT2D eigenvalue weighted by Gasteiger charge is 2.63. The van der Waals surface area contributed by atoms with Crippen molar-refractivity contribution in [2.75, 3.05) is 0 Å². The van der Waals surface area contributed by atoms with Gasteiger partial charge in [0.1, 0.15) is 0 Å². The molecule has 1 aliphatic heterocycles. The second-order valence-corrected chi connectivity index (χ2v) is 19.3. The van der Waals surface area contributed by atoms with Crippen molar-refractivity contribution < 1.29 is 0 Å². The van der Waals surface area contributed by atoms with E-state index in [0.29, 0.717) is 0 Å². The van der Waals surface area contributed by atoms with Crippen molar-refractivity contribution in [2.45, 2.75) is 179 Å². The van der Waals surface area contributed by atoms with Gasteiger partial charge in [0, 0.05) is 18.1 Å². The third kappa shape index (κ3) is 4.43. The second kappa shape index (κ2) is 11.3. The largest absolute Gasteiger partial charge is 0.294 e. The molecule has 0 spiro atoms. The summed E-state index contributed by atoms with van der Waals surface area (Å²) in [4.78, 5) is 3.50. The van der Waals surface area contributed by atoms with E-state index < -0.39 is 0 Å². The Labute approximate surface area is 265 Å². The smallest absolute Gasteiger partial charge is 0.0136 e. The lowest BCUT2D eigenvalue weighted by atomic mass is 9.54. The molecular weight excluding hydrogens is 518 g/mol. The number of nitrogens with zero attached hydrogens (tertiary/aromatic N) is 1. The van der Waals surface area contributed by atoms with E-state index in [-0.39, 0.29) is 0 Å². The van der Waals surface area contributed by atoms with Crippen molar-refractivity contribution >= 4 is 0 Å². The van der Waals surface area contributed by atoms with Gasteiger partial charge >= 0.3 is 0 Å². The first-order valence-electron chi connectivity index (χ1n) is 21.1. The lowest BCUT2D eigenvalue weighted by Gasteiger charge is -2.50. The highest BCUT2D eigenvalue weighted by Crippen LogP contribution is 2.65. The molecule has 0 N–H and O–H groups in total. The zero-order valence-corrected chi connectivity index (χ0v) is 27.9. The minimum atomic E-state index is 0.985. The van der Waals surface area contributed by atoms with Crippen LogP contribution in [0.2, 0.25) is 0 Å². The van der Waals surface area contributed by atoms with Gasteiger partial charge in [-0.2, -0.15) is 0 Å². The quantitative estimate of drug-likeness (QED) is 0.311. The molecule has 9 aliphatic carbocycles. The average molecular weight is 586 g/mol. The molecule has 0 radical (unpaired) electrons. The summed E-state index contributed by atoms with van der Waals surface area (Å²) >= 11 is 0. The lowest BCUT2D eigenvalue weighted by Crippen LogP contribution is -2.54. The van der Waals surface area contributed by atoms with E-state index in [2.05, 4.69) is 4.90 Å². The first-order chi connectivity index (χ1) is 21.3. The molecule has 16 atom stereocenters. The van der Waals surface area contributed by atoms with E-state index in [4.69, 9.17) is 0 Å². The maximum absolute atomic E-state index is 3.50. The van der Waals surface area contributed by atoms with Crippen LogP contribution in [0, 0.1) is 82.9 Å². The molecule has 0 aromatic rings. The van der Waals surface area contributed by atoms with Crippen LogP contribution in [0.3, 0.4) is 0 Å². The van der Waals surface area contributed by atoms with Crippen LogP contribution in [0.4, 0.5) is 0 Å². The Morgan fingerprint density at radius 2 is 0.744 bits per heavy atom. The molecule has 10 fully saturated rings. The van der Waals surface area contributed by atoms with Crippen molar-refractivity contribution in [3.8, 4) is 0 Å². The molecule has 1 heterocycles. The number of hydrogen-bond donors (Lipinski definition) is 0. The first-order valence-corrected chi connectivity index (χ1v) is 21.1. The molecule has 10 rings (SSSR count). The second-order valence-electron chi connectivity index (χ2n) is 19.3. The summed E-state index contributed by atoms with van der Waals surface area (Å²) in [7, 11) is 0. The van der Waals surface area contributed by atoms with Crippen molar-refractivity contribution in [3.05, 3.63) is 0 Å². The van der Waals surface area contributed by atoms with Gasteiger partial charge in [-0.1, -0.05) is 83.5 Å². The molecule has 240 valence electrons. The average Bonchev–Trinajstić information content (AvgIpc) is 3.76. The van der Waals surface area contributed by atoms with E-state index in [1.54, 1.807) is 161 Å². The van der Waals surface area contributed by atoms with Crippen molar-refractivity contribution in [1.29, 1.82) is 0 Å². The van der Waals surface area contributed by atoms with Crippen molar-refractivity contribution in [1.82, 2.24) is 4.90 Å². The van der Waals surface area contributed by atoms with Crippen LogP contribution >= 0.6 is 0 Å².